The van der Waals surface area contributed by atoms with Crippen molar-refractivity contribution in [1.29, 1.82) is 0 Å². The molecule has 1 N–H and O–H groups in total. The minimum absolute atomic E-state index is 0.238. The second kappa shape index (κ2) is 9.72. The highest BCUT2D eigenvalue weighted by Crippen LogP contribution is 2.11. The first kappa shape index (κ1) is 14.8. The average molecular weight is 248 g/mol. The van der Waals surface area contributed by atoms with Gasteiger partial charge in [0.1, 0.15) is 5.75 Å². The summed E-state index contributed by atoms with van der Waals surface area (Å²) in [5.41, 5.74) is 0. The van der Waals surface area contributed by atoms with Gasteiger partial charge in [0.05, 0.1) is 12.7 Å². The number of rotatable bonds is 10. The van der Waals surface area contributed by atoms with Crippen molar-refractivity contribution in [3.8, 4) is 5.75 Å². The molecule has 0 aliphatic heterocycles. The van der Waals surface area contributed by atoms with Crippen LogP contribution in [0.1, 0.15) is 38.5 Å². The van der Waals surface area contributed by atoms with E-state index in [1.807, 2.05) is 36.4 Å². The van der Waals surface area contributed by atoms with E-state index in [1.54, 1.807) is 0 Å². The lowest BCUT2D eigenvalue weighted by Gasteiger charge is -2.11. The van der Waals surface area contributed by atoms with Gasteiger partial charge in [0.25, 0.3) is 0 Å². The molecular weight excluding hydrogens is 224 g/mol. The lowest BCUT2D eigenvalue weighted by molar-refractivity contribution is 0.128. The van der Waals surface area contributed by atoms with Gasteiger partial charge in [-0.15, -0.1) is 6.58 Å². The Balaban J connectivity index is 2.00. The van der Waals surface area contributed by atoms with E-state index in [-0.39, 0.29) is 6.10 Å². The summed E-state index contributed by atoms with van der Waals surface area (Å²) < 4.78 is 5.55. The van der Waals surface area contributed by atoms with Gasteiger partial charge in [-0.25, -0.2) is 0 Å². The average Bonchev–Trinajstić information content (AvgIpc) is 2.40. The summed E-state index contributed by atoms with van der Waals surface area (Å²) in [6, 6.07) is 9.73. The van der Waals surface area contributed by atoms with Crippen molar-refractivity contribution in [2.75, 3.05) is 6.61 Å². The first-order chi connectivity index (χ1) is 8.83. The molecular formula is C16H24O2. The summed E-state index contributed by atoms with van der Waals surface area (Å²) in [5, 5.41) is 9.78. The molecule has 1 unspecified atom stereocenters. The Morgan fingerprint density at radius 2 is 1.89 bits per heavy atom. The van der Waals surface area contributed by atoms with Crippen LogP contribution in [0.25, 0.3) is 0 Å². The Hall–Kier alpha value is -1.28. The molecule has 0 saturated carbocycles. The van der Waals surface area contributed by atoms with Crippen molar-refractivity contribution >= 4 is 0 Å². The number of ether oxygens (including phenoxy) is 1. The van der Waals surface area contributed by atoms with Crippen molar-refractivity contribution in [2.45, 2.75) is 44.6 Å². The molecule has 0 radical (unpaired) electrons. The molecule has 0 heterocycles. The quantitative estimate of drug-likeness (QED) is 0.502. The third-order valence-corrected chi connectivity index (χ3v) is 2.91. The maximum atomic E-state index is 9.78. The minimum Gasteiger partial charge on any atom is -0.493 e. The Morgan fingerprint density at radius 1 is 1.11 bits per heavy atom. The maximum absolute atomic E-state index is 9.78. The molecule has 2 heteroatoms. The highest BCUT2D eigenvalue weighted by atomic mass is 16.5. The summed E-state index contributed by atoms with van der Waals surface area (Å²) in [4.78, 5) is 0. The van der Waals surface area contributed by atoms with E-state index >= 15 is 0 Å². The van der Waals surface area contributed by atoms with E-state index in [1.165, 1.54) is 12.8 Å². The molecule has 1 aromatic rings. The van der Waals surface area contributed by atoms with Crippen LogP contribution in [0, 0.1) is 0 Å². The van der Waals surface area contributed by atoms with Gasteiger partial charge >= 0.3 is 0 Å². The Bertz CT molecular complexity index is 308. The summed E-state index contributed by atoms with van der Waals surface area (Å²) >= 11 is 0. The van der Waals surface area contributed by atoms with Gasteiger partial charge in [0.2, 0.25) is 0 Å². The predicted molar refractivity (Wildman–Crippen MR) is 75.8 cm³/mol. The minimum atomic E-state index is -0.238. The summed E-state index contributed by atoms with van der Waals surface area (Å²) in [5.74, 6) is 0.871. The molecule has 1 aromatic carbocycles. The largest absolute Gasteiger partial charge is 0.493 e. The van der Waals surface area contributed by atoms with E-state index in [0.717, 1.165) is 25.0 Å². The predicted octanol–water partition coefficient (Wildman–Crippen LogP) is 3.95. The summed E-state index contributed by atoms with van der Waals surface area (Å²) in [6.45, 7) is 4.28. The Kier molecular flexibility index (Phi) is 7.98. The zero-order chi connectivity index (χ0) is 13.1. The van der Waals surface area contributed by atoms with E-state index in [4.69, 9.17) is 4.74 Å². The number of benzene rings is 1. The van der Waals surface area contributed by atoms with Crippen molar-refractivity contribution in [3.63, 3.8) is 0 Å². The summed E-state index contributed by atoms with van der Waals surface area (Å²) in [7, 11) is 0. The maximum Gasteiger partial charge on any atom is 0.119 e. The lowest BCUT2D eigenvalue weighted by Crippen LogP contribution is -2.11. The Labute approximate surface area is 110 Å². The van der Waals surface area contributed by atoms with Gasteiger partial charge in [-0.3, -0.25) is 0 Å². The number of hydrogen-bond acceptors (Lipinski definition) is 2. The molecule has 2 nitrogen and oxygen atoms in total. The van der Waals surface area contributed by atoms with Gasteiger partial charge in [-0.2, -0.15) is 0 Å². The normalized spacial score (nSPS) is 12.1. The van der Waals surface area contributed by atoms with Crippen LogP contribution in [0.2, 0.25) is 0 Å². The van der Waals surface area contributed by atoms with Crippen LogP contribution in [0.4, 0.5) is 0 Å². The van der Waals surface area contributed by atoms with E-state index in [0.29, 0.717) is 13.0 Å². The van der Waals surface area contributed by atoms with Crippen LogP contribution in [0.15, 0.2) is 43.0 Å². The van der Waals surface area contributed by atoms with Crippen LogP contribution in [-0.4, -0.2) is 17.8 Å². The molecule has 1 atom stereocenters. The fraction of sp³-hybridized carbons (Fsp3) is 0.500. The van der Waals surface area contributed by atoms with Crippen LogP contribution >= 0.6 is 0 Å². The van der Waals surface area contributed by atoms with Gasteiger partial charge in [0, 0.05) is 6.42 Å². The molecule has 18 heavy (non-hydrogen) atoms. The van der Waals surface area contributed by atoms with Crippen LogP contribution in [0.3, 0.4) is 0 Å². The van der Waals surface area contributed by atoms with Gasteiger partial charge in [-0.1, -0.05) is 37.1 Å². The van der Waals surface area contributed by atoms with Crippen molar-refractivity contribution in [3.05, 3.63) is 43.0 Å². The first-order valence-corrected chi connectivity index (χ1v) is 6.79. The third kappa shape index (κ3) is 7.13. The number of hydrogen-bond donors (Lipinski definition) is 1. The molecule has 0 amide bonds. The number of para-hydroxylation sites is 1. The molecule has 0 aliphatic rings. The second-order valence-corrected chi connectivity index (χ2v) is 4.53. The van der Waals surface area contributed by atoms with E-state index in [2.05, 4.69) is 6.58 Å². The molecule has 0 aromatic heterocycles. The standard InChI is InChI=1S/C16H24O2/c1-2-3-4-5-7-10-15(17)13-14-18-16-11-8-6-9-12-16/h2,6,8-9,11-12,15,17H,1,3-5,7,10,13-14H2. The molecule has 0 bridgehead atoms. The zero-order valence-electron chi connectivity index (χ0n) is 11.1. The topological polar surface area (TPSA) is 29.5 Å². The number of unbranched alkanes of at least 4 members (excludes halogenated alkanes) is 3. The van der Waals surface area contributed by atoms with Crippen molar-refractivity contribution < 1.29 is 9.84 Å². The fourth-order valence-corrected chi connectivity index (χ4v) is 1.82. The smallest absolute Gasteiger partial charge is 0.119 e. The molecule has 0 fully saturated rings. The van der Waals surface area contributed by atoms with Crippen LogP contribution in [0.5, 0.6) is 5.75 Å². The van der Waals surface area contributed by atoms with Crippen molar-refractivity contribution in [1.82, 2.24) is 0 Å². The highest BCUT2D eigenvalue weighted by molar-refractivity contribution is 5.20. The SMILES string of the molecule is C=CCCCCCC(O)CCOc1ccccc1. The van der Waals surface area contributed by atoms with Crippen LogP contribution < -0.4 is 4.74 Å². The number of allylic oxidation sites excluding steroid dienone is 1. The second-order valence-electron chi connectivity index (χ2n) is 4.53. The Morgan fingerprint density at radius 3 is 2.61 bits per heavy atom. The molecule has 1 rings (SSSR count). The molecule has 100 valence electrons. The van der Waals surface area contributed by atoms with Gasteiger partial charge in [0.15, 0.2) is 0 Å². The zero-order valence-corrected chi connectivity index (χ0v) is 11.1. The molecule has 0 spiro atoms. The lowest BCUT2D eigenvalue weighted by atomic mass is 10.1. The first-order valence-electron chi connectivity index (χ1n) is 6.79. The van der Waals surface area contributed by atoms with Crippen molar-refractivity contribution in [2.24, 2.45) is 0 Å². The number of aliphatic hydroxyl groups excluding tert-OH is 1. The number of aliphatic hydroxyl groups is 1. The van der Waals surface area contributed by atoms with Crippen LogP contribution in [-0.2, 0) is 0 Å². The third-order valence-electron chi connectivity index (χ3n) is 2.91. The molecule has 0 aliphatic carbocycles. The fourth-order valence-electron chi connectivity index (χ4n) is 1.82. The van der Waals surface area contributed by atoms with Gasteiger partial charge < -0.3 is 9.84 Å². The van der Waals surface area contributed by atoms with E-state index in [9.17, 15) is 5.11 Å². The summed E-state index contributed by atoms with van der Waals surface area (Å²) in [6.07, 6.45) is 7.79. The highest BCUT2D eigenvalue weighted by Gasteiger charge is 2.04. The monoisotopic (exact) mass is 248 g/mol. The van der Waals surface area contributed by atoms with Gasteiger partial charge in [-0.05, 0) is 31.4 Å². The van der Waals surface area contributed by atoms with E-state index < -0.39 is 0 Å². The molecule has 0 saturated heterocycles.